The molecule has 1 fully saturated rings. The molecule has 7 heteroatoms. The Labute approximate surface area is 123 Å². The van der Waals surface area contributed by atoms with Gasteiger partial charge < -0.3 is 21.1 Å². The van der Waals surface area contributed by atoms with Crippen molar-refractivity contribution in [3.63, 3.8) is 0 Å². The zero-order valence-corrected chi connectivity index (χ0v) is 12.2. The Kier molecular flexibility index (Phi) is 4.64. The van der Waals surface area contributed by atoms with Crippen LogP contribution < -0.4 is 21.1 Å². The van der Waals surface area contributed by atoms with Crippen LogP contribution in [0.25, 0.3) is 0 Å². The second-order valence-electron chi connectivity index (χ2n) is 4.95. The van der Waals surface area contributed by atoms with Crippen LogP contribution in [0.15, 0.2) is 18.2 Å². The van der Waals surface area contributed by atoms with Crippen molar-refractivity contribution in [1.82, 2.24) is 10.2 Å². The number of hydrogen-bond acceptors (Lipinski definition) is 5. The van der Waals surface area contributed by atoms with Crippen LogP contribution in [-0.4, -0.2) is 49.5 Å². The van der Waals surface area contributed by atoms with Crippen LogP contribution >= 0.6 is 0 Å². The highest BCUT2D eigenvalue weighted by molar-refractivity contribution is 5.96. The largest absolute Gasteiger partial charge is 0.495 e. The number of piperazine rings is 1. The minimum absolute atomic E-state index is 0.0672. The summed E-state index contributed by atoms with van der Waals surface area (Å²) in [5.41, 5.74) is 6.79. The van der Waals surface area contributed by atoms with E-state index in [4.69, 9.17) is 10.5 Å². The van der Waals surface area contributed by atoms with E-state index in [1.807, 2.05) is 4.90 Å². The molecule has 0 aliphatic carbocycles. The molecule has 7 nitrogen and oxygen atoms in total. The van der Waals surface area contributed by atoms with Gasteiger partial charge in [-0.25, -0.2) is 0 Å². The molecule has 0 bridgehead atoms. The molecule has 1 aliphatic rings. The van der Waals surface area contributed by atoms with E-state index in [1.54, 1.807) is 25.1 Å². The van der Waals surface area contributed by atoms with Gasteiger partial charge in [-0.1, -0.05) is 0 Å². The maximum atomic E-state index is 12.3. The molecule has 1 saturated heterocycles. The van der Waals surface area contributed by atoms with Crippen molar-refractivity contribution in [2.75, 3.05) is 37.8 Å². The summed E-state index contributed by atoms with van der Waals surface area (Å²) in [7, 11) is 1.53. The van der Waals surface area contributed by atoms with Crippen molar-refractivity contribution in [3.05, 3.63) is 18.2 Å². The fraction of sp³-hybridized carbons (Fsp3) is 0.429. The monoisotopic (exact) mass is 292 g/mol. The van der Waals surface area contributed by atoms with Gasteiger partial charge in [-0.2, -0.15) is 0 Å². The first-order valence-corrected chi connectivity index (χ1v) is 6.76. The van der Waals surface area contributed by atoms with E-state index in [0.717, 1.165) is 0 Å². The van der Waals surface area contributed by atoms with Crippen molar-refractivity contribution < 1.29 is 14.3 Å². The van der Waals surface area contributed by atoms with Crippen LogP contribution in [0.2, 0.25) is 0 Å². The third kappa shape index (κ3) is 3.63. The minimum atomic E-state index is -0.415. The lowest BCUT2D eigenvalue weighted by atomic mass is 10.2. The number of carbonyl (C=O) groups is 2. The van der Waals surface area contributed by atoms with Crippen LogP contribution in [0.3, 0.4) is 0 Å². The Balaban J connectivity index is 2.06. The van der Waals surface area contributed by atoms with Crippen molar-refractivity contribution in [3.8, 4) is 5.75 Å². The summed E-state index contributed by atoms with van der Waals surface area (Å²) >= 11 is 0. The van der Waals surface area contributed by atoms with Gasteiger partial charge in [-0.3, -0.25) is 14.5 Å². The maximum absolute atomic E-state index is 12.3. The first kappa shape index (κ1) is 15.1. The third-order valence-electron chi connectivity index (χ3n) is 3.48. The van der Waals surface area contributed by atoms with E-state index in [0.29, 0.717) is 30.2 Å². The number of benzene rings is 1. The molecule has 0 saturated carbocycles. The highest BCUT2D eigenvalue weighted by Gasteiger charge is 2.26. The van der Waals surface area contributed by atoms with E-state index < -0.39 is 6.04 Å². The van der Waals surface area contributed by atoms with Crippen molar-refractivity contribution in [2.24, 2.45) is 0 Å². The number of ether oxygens (including phenoxy) is 1. The first-order chi connectivity index (χ1) is 10.0. The van der Waals surface area contributed by atoms with Crippen LogP contribution in [-0.2, 0) is 9.59 Å². The molecule has 2 rings (SSSR count). The average molecular weight is 292 g/mol. The molecule has 4 N–H and O–H groups in total. The van der Waals surface area contributed by atoms with E-state index in [1.165, 1.54) is 7.11 Å². The summed E-state index contributed by atoms with van der Waals surface area (Å²) in [6.45, 7) is 3.20. The Morgan fingerprint density at radius 1 is 1.52 bits per heavy atom. The van der Waals surface area contributed by atoms with E-state index in [9.17, 15) is 9.59 Å². The molecule has 1 aromatic rings. The Hall–Kier alpha value is -2.28. The number of methoxy groups -OCH3 is 1. The van der Waals surface area contributed by atoms with Gasteiger partial charge in [0, 0.05) is 18.8 Å². The van der Waals surface area contributed by atoms with Gasteiger partial charge in [0.05, 0.1) is 25.4 Å². The number of nitrogens with two attached hydrogens (primary N) is 1. The Bertz CT molecular complexity index is 547. The fourth-order valence-corrected chi connectivity index (χ4v) is 2.22. The lowest BCUT2D eigenvalue weighted by molar-refractivity contribution is -0.127. The summed E-state index contributed by atoms with van der Waals surface area (Å²) in [6.07, 6.45) is 0. The summed E-state index contributed by atoms with van der Waals surface area (Å²) in [5.74, 6) is 0.275. The lowest BCUT2D eigenvalue weighted by Crippen LogP contribution is -2.53. The van der Waals surface area contributed by atoms with Gasteiger partial charge in [-0.15, -0.1) is 0 Å². The molecule has 1 unspecified atom stereocenters. The van der Waals surface area contributed by atoms with E-state index in [2.05, 4.69) is 10.6 Å². The number of nitrogens with one attached hydrogen (secondary N) is 2. The lowest BCUT2D eigenvalue weighted by Gasteiger charge is -2.31. The molecular formula is C14H20N4O3. The minimum Gasteiger partial charge on any atom is -0.495 e. The predicted octanol–water partition coefficient (Wildman–Crippen LogP) is 0.0362. The molecular weight excluding hydrogens is 272 g/mol. The van der Waals surface area contributed by atoms with Crippen molar-refractivity contribution in [2.45, 2.75) is 13.0 Å². The average Bonchev–Trinajstić information content (AvgIpc) is 2.46. The number of amides is 2. The zero-order chi connectivity index (χ0) is 15.4. The third-order valence-corrected chi connectivity index (χ3v) is 3.48. The topological polar surface area (TPSA) is 96.7 Å². The normalized spacial score (nSPS) is 17.0. The number of rotatable bonds is 4. The van der Waals surface area contributed by atoms with Gasteiger partial charge in [0.1, 0.15) is 5.75 Å². The van der Waals surface area contributed by atoms with Crippen molar-refractivity contribution >= 4 is 23.2 Å². The van der Waals surface area contributed by atoms with Gasteiger partial charge >= 0.3 is 0 Å². The van der Waals surface area contributed by atoms with Crippen LogP contribution in [0.5, 0.6) is 5.75 Å². The van der Waals surface area contributed by atoms with Gasteiger partial charge in [0.15, 0.2) is 0 Å². The standard InChI is InChI=1S/C14H20N4O3/c1-9(18-6-5-16-13(19)8-18)14(20)17-11-7-10(15)3-4-12(11)21-2/h3-4,7,9H,5-6,8,15H2,1-2H3,(H,16,19)(H,17,20). The van der Waals surface area contributed by atoms with Crippen LogP contribution in [0.4, 0.5) is 11.4 Å². The smallest absolute Gasteiger partial charge is 0.241 e. The van der Waals surface area contributed by atoms with Crippen molar-refractivity contribution in [1.29, 1.82) is 0 Å². The Morgan fingerprint density at radius 3 is 2.95 bits per heavy atom. The molecule has 1 aliphatic heterocycles. The molecule has 0 spiro atoms. The molecule has 1 atom stereocenters. The van der Waals surface area contributed by atoms with E-state index in [-0.39, 0.29) is 18.4 Å². The zero-order valence-electron chi connectivity index (χ0n) is 12.2. The summed E-state index contributed by atoms with van der Waals surface area (Å²) in [4.78, 5) is 25.5. The molecule has 114 valence electrons. The maximum Gasteiger partial charge on any atom is 0.241 e. The number of hydrogen-bond donors (Lipinski definition) is 3. The molecule has 1 aromatic carbocycles. The quantitative estimate of drug-likeness (QED) is 0.681. The summed E-state index contributed by atoms with van der Waals surface area (Å²) in [6, 6.07) is 4.63. The number of anilines is 2. The first-order valence-electron chi connectivity index (χ1n) is 6.76. The van der Waals surface area contributed by atoms with Gasteiger partial charge in [0.25, 0.3) is 0 Å². The van der Waals surface area contributed by atoms with Crippen LogP contribution in [0, 0.1) is 0 Å². The molecule has 0 aromatic heterocycles. The van der Waals surface area contributed by atoms with Crippen LogP contribution in [0.1, 0.15) is 6.92 Å². The fourth-order valence-electron chi connectivity index (χ4n) is 2.22. The number of carbonyl (C=O) groups excluding carboxylic acids is 2. The summed E-state index contributed by atoms with van der Waals surface area (Å²) < 4.78 is 5.20. The number of nitrogen functional groups attached to an aromatic ring is 1. The van der Waals surface area contributed by atoms with Gasteiger partial charge in [0.2, 0.25) is 11.8 Å². The number of nitrogens with zero attached hydrogens (tertiary/aromatic N) is 1. The second kappa shape index (κ2) is 6.45. The molecule has 0 radical (unpaired) electrons. The highest BCUT2D eigenvalue weighted by atomic mass is 16.5. The highest BCUT2D eigenvalue weighted by Crippen LogP contribution is 2.26. The molecule has 1 heterocycles. The second-order valence-corrected chi connectivity index (χ2v) is 4.95. The summed E-state index contributed by atoms with van der Waals surface area (Å²) in [5, 5.41) is 5.53. The SMILES string of the molecule is COc1ccc(N)cc1NC(=O)C(C)N1CCNC(=O)C1. The predicted molar refractivity (Wildman–Crippen MR) is 80.1 cm³/mol. The van der Waals surface area contributed by atoms with Gasteiger partial charge in [-0.05, 0) is 25.1 Å². The molecule has 21 heavy (non-hydrogen) atoms. The Morgan fingerprint density at radius 2 is 2.29 bits per heavy atom. The molecule has 2 amide bonds. The van der Waals surface area contributed by atoms with E-state index >= 15 is 0 Å².